The highest BCUT2D eigenvalue weighted by molar-refractivity contribution is 5.81. The van der Waals surface area contributed by atoms with E-state index in [1.807, 2.05) is 37.3 Å². The fourth-order valence-corrected chi connectivity index (χ4v) is 5.19. The lowest BCUT2D eigenvalue weighted by molar-refractivity contribution is -0.121. The number of carbonyl (C=O) groups is 1. The van der Waals surface area contributed by atoms with E-state index in [0.29, 0.717) is 26.3 Å². The number of imidazole rings is 1. The molecule has 7 heteroatoms. The van der Waals surface area contributed by atoms with Gasteiger partial charge in [0.1, 0.15) is 19.8 Å². The van der Waals surface area contributed by atoms with Gasteiger partial charge >= 0.3 is 5.69 Å². The van der Waals surface area contributed by atoms with Crippen molar-refractivity contribution in [2.24, 2.45) is 0 Å². The number of aryl methyl sites for hydroxylation is 1. The molecule has 0 spiro atoms. The van der Waals surface area contributed by atoms with Crippen LogP contribution in [0.1, 0.15) is 38.2 Å². The van der Waals surface area contributed by atoms with Crippen LogP contribution in [0.25, 0.3) is 11.0 Å². The summed E-state index contributed by atoms with van der Waals surface area (Å²) in [6.45, 7) is 4.20. The molecule has 1 aromatic heterocycles. The van der Waals surface area contributed by atoms with E-state index in [0.717, 1.165) is 48.2 Å². The minimum atomic E-state index is -0.147. The summed E-state index contributed by atoms with van der Waals surface area (Å²) >= 11 is 0. The van der Waals surface area contributed by atoms with Crippen LogP contribution in [0.2, 0.25) is 0 Å². The summed E-state index contributed by atoms with van der Waals surface area (Å²) < 4.78 is 14.7. The number of rotatable bonds is 6. The monoisotopic (exact) mass is 435 g/mol. The van der Waals surface area contributed by atoms with Gasteiger partial charge in [0.15, 0.2) is 11.5 Å². The topological polar surface area (TPSA) is 74.5 Å². The first-order valence-electron chi connectivity index (χ1n) is 11.5. The molecule has 1 aliphatic heterocycles. The van der Waals surface area contributed by atoms with Crippen LogP contribution in [0.15, 0.2) is 47.3 Å². The maximum Gasteiger partial charge on any atom is 0.329 e. The smallest absolute Gasteiger partial charge is 0.329 e. The third kappa shape index (κ3) is 3.55. The first-order chi connectivity index (χ1) is 15.6. The number of nitrogens with one attached hydrogen (secondary N) is 1. The molecule has 2 aliphatic rings. The minimum Gasteiger partial charge on any atom is -0.486 e. The molecule has 1 aliphatic carbocycles. The van der Waals surface area contributed by atoms with Gasteiger partial charge in [0, 0.05) is 18.5 Å². The second kappa shape index (κ2) is 8.37. The standard InChI is InChI=1S/C25H29N3O4/c1-2-27-19-7-3-4-8-20(19)28(24(27)30)16-23(29)26-17-25(11-5-6-12-25)18-9-10-21-22(15-18)32-14-13-31-21/h3-4,7-10,15H,2,5-6,11-14,16-17H2,1H3,(H,26,29). The van der Waals surface area contributed by atoms with Crippen LogP contribution < -0.4 is 20.5 Å². The van der Waals surface area contributed by atoms with E-state index in [9.17, 15) is 9.59 Å². The van der Waals surface area contributed by atoms with Crippen LogP contribution in [0.5, 0.6) is 11.5 Å². The Morgan fingerprint density at radius 1 is 1.00 bits per heavy atom. The third-order valence-electron chi connectivity index (χ3n) is 6.88. The SMILES string of the molecule is CCn1c(=O)n(CC(=O)NCC2(c3ccc4c(c3)OCCO4)CCCC2)c2ccccc21. The number of hydrogen-bond acceptors (Lipinski definition) is 4. The van der Waals surface area contributed by atoms with Crippen molar-refractivity contribution >= 4 is 16.9 Å². The number of amides is 1. The van der Waals surface area contributed by atoms with Crippen LogP contribution >= 0.6 is 0 Å². The van der Waals surface area contributed by atoms with E-state index >= 15 is 0 Å². The second-order valence-corrected chi connectivity index (χ2v) is 8.72. The van der Waals surface area contributed by atoms with E-state index in [1.54, 1.807) is 9.13 Å². The number of para-hydroxylation sites is 2. The molecular formula is C25H29N3O4. The first-order valence-corrected chi connectivity index (χ1v) is 11.5. The van der Waals surface area contributed by atoms with Crippen molar-refractivity contribution in [2.45, 2.75) is 51.1 Å². The number of carbonyl (C=O) groups excluding carboxylic acids is 1. The van der Waals surface area contributed by atoms with Gasteiger partial charge in [-0.15, -0.1) is 0 Å². The summed E-state index contributed by atoms with van der Waals surface area (Å²) in [4.78, 5) is 25.8. The molecule has 0 unspecified atom stereocenters. The summed E-state index contributed by atoms with van der Waals surface area (Å²) in [6.07, 6.45) is 4.30. The minimum absolute atomic E-state index is 0.0174. The Balaban J connectivity index is 1.35. The van der Waals surface area contributed by atoms with Crippen molar-refractivity contribution in [3.63, 3.8) is 0 Å². The predicted octanol–water partition coefficient (Wildman–Crippen LogP) is 3.22. The first kappa shape index (κ1) is 20.7. The van der Waals surface area contributed by atoms with Crippen LogP contribution in [-0.4, -0.2) is 34.8 Å². The molecular weight excluding hydrogens is 406 g/mol. The molecule has 1 N–H and O–H groups in total. The molecule has 0 bridgehead atoms. The lowest BCUT2D eigenvalue weighted by Crippen LogP contribution is -2.41. The molecule has 0 saturated heterocycles. The van der Waals surface area contributed by atoms with Gasteiger partial charge in [0.05, 0.1) is 11.0 Å². The lowest BCUT2D eigenvalue weighted by Gasteiger charge is -2.31. The normalized spacial score (nSPS) is 16.9. The Morgan fingerprint density at radius 2 is 1.69 bits per heavy atom. The van der Waals surface area contributed by atoms with Crippen LogP contribution in [0, 0.1) is 0 Å². The fourth-order valence-electron chi connectivity index (χ4n) is 5.19. The van der Waals surface area contributed by atoms with Gasteiger partial charge in [0.2, 0.25) is 5.91 Å². The molecule has 32 heavy (non-hydrogen) atoms. The van der Waals surface area contributed by atoms with Crippen molar-refractivity contribution in [2.75, 3.05) is 19.8 Å². The molecule has 5 rings (SSSR count). The van der Waals surface area contributed by atoms with Crippen LogP contribution in [-0.2, 0) is 23.3 Å². The molecule has 1 fully saturated rings. The zero-order valence-corrected chi connectivity index (χ0v) is 18.4. The predicted molar refractivity (Wildman–Crippen MR) is 122 cm³/mol. The van der Waals surface area contributed by atoms with Crippen molar-refractivity contribution in [1.82, 2.24) is 14.5 Å². The highest BCUT2D eigenvalue weighted by Gasteiger charge is 2.37. The van der Waals surface area contributed by atoms with Crippen molar-refractivity contribution in [1.29, 1.82) is 0 Å². The Hall–Kier alpha value is -3.22. The largest absolute Gasteiger partial charge is 0.486 e. The maximum atomic E-state index is 12.9. The average Bonchev–Trinajstić information content (AvgIpc) is 3.41. The van der Waals surface area contributed by atoms with Crippen LogP contribution in [0.4, 0.5) is 0 Å². The van der Waals surface area contributed by atoms with E-state index in [-0.39, 0.29) is 23.6 Å². The molecule has 0 radical (unpaired) electrons. The fraction of sp³-hybridized carbons (Fsp3) is 0.440. The van der Waals surface area contributed by atoms with E-state index in [4.69, 9.17) is 9.47 Å². The van der Waals surface area contributed by atoms with Crippen molar-refractivity contribution in [3.05, 3.63) is 58.5 Å². The number of fused-ring (bicyclic) bond motifs is 2. The summed E-state index contributed by atoms with van der Waals surface area (Å²) in [7, 11) is 0. The van der Waals surface area contributed by atoms with Crippen LogP contribution in [0.3, 0.4) is 0 Å². The lowest BCUT2D eigenvalue weighted by atomic mass is 9.78. The van der Waals surface area contributed by atoms with Gasteiger partial charge < -0.3 is 14.8 Å². The Bertz CT molecular complexity index is 1200. The van der Waals surface area contributed by atoms with Crippen molar-refractivity contribution < 1.29 is 14.3 Å². The Kier molecular flexibility index (Phi) is 5.41. The summed E-state index contributed by atoms with van der Waals surface area (Å²) in [6, 6.07) is 13.8. The molecule has 2 heterocycles. The number of aromatic nitrogens is 2. The van der Waals surface area contributed by atoms with Gasteiger partial charge in [-0.1, -0.05) is 31.0 Å². The zero-order valence-electron chi connectivity index (χ0n) is 18.4. The highest BCUT2D eigenvalue weighted by atomic mass is 16.6. The number of ether oxygens (including phenoxy) is 2. The number of hydrogen-bond donors (Lipinski definition) is 1. The Labute approximate surface area is 186 Å². The molecule has 2 aromatic carbocycles. The van der Waals surface area contributed by atoms with Gasteiger partial charge in [0.25, 0.3) is 0 Å². The summed E-state index contributed by atoms with van der Waals surface area (Å²) in [5.41, 5.74) is 2.56. The number of benzene rings is 2. The quantitative estimate of drug-likeness (QED) is 0.645. The van der Waals surface area contributed by atoms with E-state index < -0.39 is 0 Å². The van der Waals surface area contributed by atoms with Gasteiger partial charge in [-0.25, -0.2) is 4.79 Å². The van der Waals surface area contributed by atoms with Crippen molar-refractivity contribution in [3.8, 4) is 11.5 Å². The molecule has 3 aromatic rings. The van der Waals surface area contributed by atoms with E-state index in [2.05, 4.69) is 17.4 Å². The summed E-state index contributed by atoms with van der Waals surface area (Å²) in [5.74, 6) is 1.42. The van der Waals surface area contributed by atoms with Gasteiger partial charge in [-0.3, -0.25) is 13.9 Å². The van der Waals surface area contributed by atoms with Gasteiger partial charge in [-0.05, 0) is 49.6 Å². The molecule has 1 amide bonds. The molecule has 1 saturated carbocycles. The molecule has 168 valence electrons. The average molecular weight is 436 g/mol. The third-order valence-corrected chi connectivity index (χ3v) is 6.88. The highest BCUT2D eigenvalue weighted by Crippen LogP contribution is 2.43. The maximum absolute atomic E-state index is 12.9. The number of nitrogens with zero attached hydrogens (tertiary/aromatic N) is 2. The zero-order chi connectivity index (χ0) is 22.1. The Morgan fingerprint density at radius 3 is 2.41 bits per heavy atom. The molecule has 0 atom stereocenters. The summed E-state index contributed by atoms with van der Waals surface area (Å²) in [5, 5.41) is 3.13. The van der Waals surface area contributed by atoms with E-state index in [1.165, 1.54) is 5.56 Å². The second-order valence-electron chi connectivity index (χ2n) is 8.72. The van der Waals surface area contributed by atoms with Gasteiger partial charge in [-0.2, -0.15) is 0 Å². The molecule has 7 nitrogen and oxygen atoms in total.